The first-order valence-corrected chi connectivity index (χ1v) is 9.21. The van der Waals surface area contributed by atoms with Crippen molar-refractivity contribution in [1.29, 1.82) is 0 Å². The van der Waals surface area contributed by atoms with Gasteiger partial charge in [-0.1, -0.05) is 36.4 Å². The Bertz CT molecular complexity index is 900. The van der Waals surface area contributed by atoms with Crippen LogP contribution in [0.5, 0.6) is 17.2 Å². The van der Waals surface area contributed by atoms with Crippen LogP contribution in [0.25, 0.3) is 0 Å². The van der Waals surface area contributed by atoms with E-state index in [2.05, 4.69) is 0 Å². The predicted octanol–water partition coefficient (Wildman–Crippen LogP) is 3.20. The van der Waals surface area contributed by atoms with E-state index in [4.69, 9.17) is 9.90 Å². The van der Waals surface area contributed by atoms with Gasteiger partial charge in [0, 0.05) is 12.1 Å². The van der Waals surface area contributed by atoms with Crippen molar-refractivity contribution in [3.8, 4) is 17.2 Å². The van der Waals surface area contributed by atoms with E-state index < -0.39 is 23.0 Å². The summed E-state index contributed by atoms with van der Waals surface area (Å²) in [5.74, 6) is -3.40. The zero-order valence-electron chi connectivity index (χ0n) is 14.6. The van der Waals surface area contributed by atoms with Gasteiger partial charge < -0.3 is 25.2 Å². The van der Waals surface area contributed by atoms with Crippen LogP contribution in [0.1, 0.15) is 0 Å². The molecule has 3 aromatic carbocycles. The van der Waals surface area contributed by atoms with E-state index in [-0.39, 0.29) is 17.2 Å². The molecule has 0 unspecified atom stereocenters. The van der Waals surface area contributed by atoms with E-state index in [1.165, 1.54) is 12.1 Å². The number of carbonyl (C=O) groups excluding carboxylic acids is 1. The smallest absolute Gasteiger partial charge is 0.430 e. The molecule has 0 heterocycles. The fraction of sp³-hybridized carbons (Fsp3) is 0.0500. The van der Waals surface area contributed by atoms with Crippen molar-refractivity contribution < 1.29 is 38.4 Å². The summed E-state index contributed by atoms with van der Waals surface area (Å²) in [6.45, 7) is 0. The van der Waals surface area contributed by atoms with Gasteiger partial charge in [0.2, 0.25) is 4.90 Å². The largest absolute Gasteiger partial charge is 0.542 e. The highest BCUT2D eigenvalue weighted by molar-refractivity contribution is 7.97. The van der Waals surface area contributed by atoms with E-state index in [0.29, 0.717) is 4.90 Å². The topological polar surface area (TPSA) is 101 Å². The minimum atomic E-state index is -5.19. The molecule has 3 aromatic rings. The van der Waals surface area contributed by atoms with Crippen LogP contribution in [0.2, 0.25) is 0 Å². The summed E-state index contributed by atoms with van der Waals surface area (Å²) < 4.78 is 31.5. The Kier molecular flexibility index (Phi) is 7.00. The maximum Gasteiger partial charge on any atom is 0.430 e. The molecule has 5 nitrogen and oxygen atoms in total. The maximum absolute atomic E-state index is 10.5. The number of aromatic hydroxyl groups is 3. The molecule has 9 heteroatoms. The minimum absolute atomic E-state index is 0.117. The number of carboxylic acids is 1. The van der Waals surface area contributed by atoms with Gasteiger partial charge in [0.25, 0.3) is 0 Å². The Morgan fingerprint density at radius 1 is 0.793 bits per heavy atom. The van der Waals surface area contributed by atoms with Crippen LogP contribution in [0.3, 0.4) is 0 Å². The molecule has 0 atom stereocenters. The number of phenolic OH excluding ortho intramolecular Hbond substituents is 3. The van der Waals surface area contributed by atoms with Crippen molar-refractivity contribution in [1.82, 2.24) is 0 Å². The SMILES string of the molecule is O=C([O-])C(F)(F)F.Oc1cc(O)c([S+](c2ccccc2)c2ccccc2)c(O)c1. The van der Waals surface area contributed by atoms with Crippen LogP contribution in [0, 0.1) is 0 Å². The molecule has 3 N–H and O–H groups in total. The summed E-state index contributed by atoms with van der Waals surface area (Å²) in [6, 6.07) is 21.9. The van der Waals surface area contributed by atoms with Crippen LogP contribution in [0.4, 0.5) is 13.2 Å². The lowest BCUT2D eigenvalue weighted by Crippen LogP contribution is -2.37. The van der Waals surface area contributed by atoms with Gasteiger partial charge in [0.05, 0.1) is 0 Å². The third-order valence-electron chi connectivity index (χ3n) is 3.43. The van der Waals surface area contributed by atoms with Crippen molar-refractivity contribution in [2.75, 3.05) is 0 Å². The number of phenols is 3. The molecule has 0 saturated heterocycles. The summed E-state index contributed by atoms with van der Waals surface area (Å²) in [6.07, 6.45) is -5.19. The number of carbonyl (C=O) groups is 1. The summed E-state index contributed by atoms with van der Waals surface area (Å²) in [5.41, 5.74) is 0. The second kappa shape index (κ2) is 9.24. The quantitative estimate of drug-likeness (QED) is 0.561. The summed E-state index contributed by atoms with van der Waals surface area (Å²) in [7, 11) is -0.657. The molecule has 0 fully saturated rings. The van der Waals surface area contributed by atoms with Crippen LogP contribution in [-0.2, 0) is 15.7 Å². The predicted molar refractivity (Wildman–Crippen MR) is 97.5 cm³/mol. The van der Waals surface area contributed by atoms with Crippen LogP contribution in [-0.4, -0.2) is 27.5 Å². The third-order valence-corrected chi connectivity index (χ3v) is 5.74. The molecule has 0 aliphatic carbocycles. The fourth-order valence-electron chi connectivity index (χ4n) is 2.28. The Morgan fingerprint density at radius 2 is 1.14 bits per heavy atom. The van der Waals surface area contributed by atoms with Gasteiger partial charge in [0.15, 0.2) is 21.3 Å². The van der Waals surface area contributed by atoms with Gasteiger partial charge in [-0.3, -0.25) is 0 Å². The lowest BCUT2D eigenvalue weighted by atomic mass is 10.3. The number of carboxylic acid groups (broad SMARTS) is 1. The van der Waals surface area contributed by atoms with Crippen molar-refractivity contribution in [2.45, 2.75) is 20.9 Å². The molecule has 0 radical (unpaired) electrons. The summed E-state index contributed by atoms with van der Waals surface area (Å²) >= 11 is 0. The molecule has 0 aromatic heterocycles. The van der Waals surface area contributed by atoms with E-state index >= 15 is 0 Å². The molecule has 0 aliphatic heterocycles. The first kappa shape index (κ1) is 22.0. The molecular weight excluding hydrogens is 409 g/mol. The van der Waals surface area contributed by atoms with Gasteiger partial charge in [0.1, 0.15) is 22.6 Å². The molecule has 3 rings (SSSR count). The Hall–Kier alpha value is -3.33. The number of alkyl halides is 3. The average Bonchev–Trinajstić information content (AvgIpc) is 2.65. The number of benzene rings is 3. The van der Waals surface area contributed by atoms with E-state index in [9.17, 15) is 28.5 Å². The first-order valence-electron chi connectivity index (χ1n) is 7.98. The average molecular weight is 424 g/mol. The number of aliphatic carboxylic acids is 1. The lowest BCUT2D eigenvalue weighted by Gasteiger charge is -2.11. The van der Waals surface area contributed by atoms with E-state index in [1.807, 2.05) is 60.7 Å². The first-order chi connectivity index (χ1) is 13.6. The van der Waals surface area contributed by atoms with Gasteiger partial charge in [-0.25, -0.2) is 0 Å². The number of rotatable bonds is 3. The van der Waals surface area contributed by atoms with Gasteiger partial charge in [-0.15, -0.1) is 0 Å². The summed E-state index contributed by atoms with van der Waals surface area (Å²) in [5, 5.41) is 38.8. The lowest BCUT2D eigenvalue weighted by molar-refractivity contribution is -0.344. The highest BCUT2D eigenvalue weighted by Crippen LogP contribution is 2.43. The second-order valence-electron chi connectivity index (χ2n) is 5.53. The van der Waals surface area contributed by atoms with Crippen LogP contribution >= 0.6 is 0 Å². The Labute approximate surface area is 166 Å². The highest BCUT2D eigenvalue weighted by atomic mass is 32.2. The number of hydrogen-bond donors (Lipinski definition) is 3. The molecule has 0 saturated carbocycles. The monoisotopic (exact) mass is 424 g/mol. The van der Waals surface area contributed by atoms with Crippen molar-refractivity contribution in [3.63, 3.8) is 0 Å². The molecule has 0 aliphatic rings. The van der Waals surface area contributed by atoms with Crippen molar-refractivity contribution >= 4 is 16.9 Å². The normalized spacial score (nSPS) is 10.9. The van der Waals surface area contributed by atoms with E-state index in [1.54, 1.807) is 0 Å². The third kappa shape index (κ3) is 5.82. The Balaban J connectivity index is 0.000000370. The molecule has 0 bridgehead atoms. The standard InChI is InChI=1S/C18H14O3S.C2HF3O2/c19-13-11-16(20)18(17(21)12-13)22(14-7-3-1-4-8-14)15-9-5-2-6-10-15;3-2(4,5)1(6)7/h1-12H,(H2-,19,20,21);(H,6,7). The fourth-order valence-corrected chi connectivity index (χ4v) is 4.42. The zero-order chi connectivity index (χ0) is 21.6. The van der Waals surface area contributed by atoms with Crippen LogP contribution in [0.15, 0.2) is 87.5 Å². The molecular formula is C20H15F3O5S. The Morgan fingerprint density at radius 3 is 1.45 bits per heavy atom. The van der Waals surface area contributed by atoms with Gasteiger partial charge >= 0.3 is 6.18 Å². The maximum atomic E-state index is 10.5. The van der Waals surface area contributed by atoms with Crippen molar-refractivity contribution in [2.24, 2.45) is 0 Å². The van der Waals surface area contributed by atoms with Crippen LogP contribution < -0.4 is 5.11 Å². The highest BCUT2D eigenvalue weighted by Gasteiger charge is 2.35. The van der Waals surface area contributed by atoms with Gasteiger partial charge in [-0.05, 0) is 24.3 Å². The van der Waals surface area contributed by atoms with Gasteiger partial charge in [-0.2, -0.15) is 13.2 Å². The second-order valence-corrected chi connectivity index (χ2v) is 7.49. The zero-order valence-corrected chi connectivity index (χ0v) is 15.4. The number of hydrogen-bond acceptors (Lipinski definition) is 5. The molecule has 0 spiro atoms. The van der Waals surface area contributed by atoms with Crippen molar-refractivity contribution in [3.05, 3.63) is 72.8 Å². The van der Waals surface area contributed by atoms with E-state index in [0.717, 1.165) is 9.79 Å². The summed E-state index contributed by atoms with van der Waals surface area (Å²) in [4.78, 5) is 11.2. The number of halogens is 3. The molecule has 29 heavy (non-hydrogen) atoms. The molecule has 0 amide bonds. The minimum Gasteiger partial charge on any atom is -0.542 e. The molecule has 152 valence electrons.